The molecule has 450 valence electrons. The SMILES string of the molecule is CC/C=C\C/C=C\C/C=C\C/C=C\C/C=C\CCCCCC(=O)OC1C(OCC(COC(=O)CCCCCCCCCCC/C=C\C/C=C\CCCCC)OC(=O)CCCCCCC/C=C\CCCC)OC(C(=O)O)C(O)C1O. The van der Waals surface area contributed by atoms with Gasteiger partial charge in [0, 0.05) is 19.3 Å². The largest absolute Gasteiger partial charge is 0.479 e. The predicted molar refractivity (Wildman–Crippen MR) is 321 cm³/mol. The van der Waals surface area contributed by atoms with Crippen molar-refractivity contribution in [3.63, 3.8) is 0 Å². The highest BCUT2D eigenvalue weighted by Crippen LogP contribution is 2.26. The Morgan fingerprint density at radius 2 is 0.810 bits per heavy atom. The second-order valence-electron chi connectivity index (χ2n) is 20.9. The molecule has 0 aromatic rings. The minimum Gasteiger partial charge on any atom is -0.479 e. The lowest BCUT2D eigenvalue weighted by Gasteiger charge is -2.40. The summed E-state index contributed by atoms with van der Waals surface area (Å²) in [7, 11) is 0. The first-order valence-corrected chi connectivity index (χ1v) is 31.2. The molecule has 6 unspecified atom stereocenters. The van der Waals surface area contributed by atoms with Crippen LogP contribution in [0.2, 0.25) is 0 Å². The fourth-order valence-corrected chi connectivity index (χ4v) is 8.82. The molecular weight excluding hydrogens is 997 g/mol. The van der Waals surface area contributed by atoms with Crippen molar-refractivity contribution in [2.45, 2.75) is 289 Å². The third-order valence-corrected chi connectivity index (χ3v) is 13.6. The summed E-state index contributed by atoms with van der Waals surface area (Å²) >= 11 is 0. The fraction of sp³-hybridized carbons (Fsp3) is 0.701. The van der Waals surface area contributed by atoms with Crippen LogP contribution < -0.4 is 0 Å². The molecule has 0 radical (unpaired) electrons. The van der Waals surface area contributed by atoms with Crippen molar-refractivity contribution in [1.82, 2.24) is 0 Å². The van der Waals surface area contributed by atoms with Crippen LogP contribution in [0.15, 0.2) is 97.2 Å². The van der Waals surface area contributed by atoms with Crippen molar-refractivity contribution < 1.29 is 58.2 Å². The van der Waals surface area contributed by atoms with Gasteiger partial charge in [0.2, 0.25) is 0 Å². The number of aliphatic carboxylic acids is 1. The summed E-state index contributed by atoms with van der Waals surface area (Å²) < 4.78 is 28.4. The van der Waals surface area contributed by atoms with Gasteiger partial charge in [0.15, 0.2) is 24.6 Å². The summed E-state index contributed by atoms with van der Waals surface area (Å²) in [5.41, 5.74) is 0. The Labute approximate surface area is 479 Å². The Morgan fingerprint density at radius 3 is 1.28 bits per heavy atom. The normalized spacial score (nSPS) is 18.5. The predicted octanol–water partition coefficient (Wildman–Crippen LogP) is 16.5. The lowest BCUT2D eigenvalue weighted by Crippen LogP contribution is -2.61. The lowest BCUT2D eigenvalue weighted by atomic mass is 9.98. The first-order chi connectivity index (χ1) is 38.6. The van der Waals surface area contributed by atoms with Crippen LogP contribution in [0.1, 0.15) is 252 Å². The van der Waals surface area contributed by atoms with E-state index in [9.17, 15) is 34.5 Å². The van der Waals surface area contributed by atoms with Crippen LogP contribution in [0.3, 0.4) is 0 Å². The molecule has 12 heteroatoms. The molecule has 0 aliphatic carbocycles. The van der Waals surface area contributed by atoms with E-state index in [0.29, 0.717) is 19.3 Å². The molecule has 1 aliphatic heterocycles. The zero-order chi connectivity index (χ0) is 57.5. The molecule has 0 bridgehead atoms. The third kappa shape index (κ3) is 44.0. The van der Waals surface area contributed by atoms with Crippen LogP contribution in [0.4, 0.5) is 0 Å². The number of carbonyl (C=O) groups excluding carboxylic acids is 3. The highest BCUT2D eigenvalue weighted by molar-refractivity contribution is 5.74. The molecule has 0 amide bonds. The fourth-order valence-electron chi connectivity index (χ4n) is 8.82. The maximum atomic E-state index is 13.1. The Bertz CT molecular complexity index is 1740. The summed E-state index contributed by atoms with van der Waals surface area (Å²) in [5, 5.41) is 31.5. The number of carboxylic acid groups (broad SMARTS) is 1. The highest BCUT2D eigenvalue weighted by atomic mass is 16.7. The van der Waals surface area contributed by atoms with Gasteiger partial charge in [-0.25, -0.2) is 4.79 Å². The van der Waals surface area contributed by atoms with Gasteiger partial charge >= 0.3 is 23.9 Å². The van der Waals surface area contributed by atoms with E-state index in [1.165, 1.54) is 70.6 Å². The van der Waals surface area contributed by atoms with Crippen molar-refractivity contribution in [2.75, 3.05) is 13.2 Å². The molecular formula is C67H110O12. The molecule has 0 spiro atoms. The maximum Gasteiger partial charge on any atom is 0.335 e. The van der Waals surface area contributed by atoms with E-state index < -0.39 is 67.3 Å². The molecule has 6 atom stereocenters. The minimum absolute atomic E-state index is 0.0165. The molecule has 3 N–H and O–H groups in total. The molecule has 1 rings (SSSR count). The van der Waals surface area contributed by atoms with E-state index >= 15 is 0 Å². The topological polar surface area (TPSA) is 175 Å². The smallest absolute Gasteiger partial charge is 0.335 e. The van der Waals surface area contributed by atoms with E-state index in [1.54, 1.807) is 0 Å². The zero-order valence-corrected chi connectivity index (χ0v) is 49.6. The van der Waals surface area contributed by atoms with E-state index in [1.807, 2.05) is 0 Å². The highest BCUT2D eigenvalue weighted by Gasteiger charge is 2.50. The number of aliphatic hydroxyl groups is 2. The van der Waals surface area contributed by atoms with Crippen LogP contribution in [0.25, 0.3) is 0 Å². The van der Waals surface area contributed by atoms with Gasteiger partial charge in [-0.05, 0) is 116 Å². The monoisotopic (exact) mass is 1110 g/mol. The van der Waals surface area contributed by atoms with Crippen LogP contribution in [-0.4, -0.2) is 89.2 Å². The zero-order valence-electron chi connectivity index (χ0n) is 49.6. The minimum atomic E-state index is -1.92. The van der Waals surface area contributed by atoms with Crippen LogP contribution in [0, 0.1) is 0 Å². The average Bonchev–Trinajstić information content (AvgIpc) is 3.43. The van der Waals surface area contributed by atoms with Gasteiger partial charge in [0.25, 0.3) is 0 Å². The number of allylic oxidation sites excluding steroid dienone is 16. The number of rotatable bonds is 52. The van der Waals surface area contributed by atoms with Gasteiger partial charge in [-0.2, -0.15) is 0 Å². The number of hydrogen-bond donors (Lipinski definition) is 3. The van der Waals surface area contributed by atoms with Crippen molar-refractivity contribution in [1.29, 1.82) is 0 Å². The summed E-state index contributed by atoms with van der Waals surface area (Å²) in [4.78, 5) is 51.2. The number of unbranched alkanes of at least 4 members (excludes halogenated alkanes) is 22. The van der Waals surface area contributed by atoms with E-state index in [0.717, 1.165) is 122 Å². The number of aliphatic hydroxyl groups excluding tert-OH is 2. The summed E-state index contributed by atoms with van der Waals surface area (Å²) in [6.07, 6.45) is 59.4. The Hall–Kier alpha value is -4.36. The van der Waals surface area contributed by atoms with E-state index in [2.05, 4.69) is 118 Å². The van der Waals surface area contributed by atoms with Crippen LogP contribution in [0.5, 0.6) is 0 Å². The molecule has 1 aliphatic rings. The quantitative estimate of drug-likeness (QED) is 0.0228. The van der Waals surface area contributed by atoms with Gasteiger partial charge in [-0.3, -0.25) is 14.4 Å². The molecule has 1 saturated heterocycles. The Morgan fingerprint density at radius 1 is 0.430 bits per heavy atom. The van der Waals surface area contributed by atoms with Gasteiger partial charge in [-0.15, -0.1) is 0 Å². The first kappa shape index (κ1) is 72.7. The Kier molecular flexibility index (Phi) is 49.9. The molecule has 0 aromatic carbocycles. The summed E-state index contributed by atoms with van der Waals surface area (Å²) in [5.74, 6) is -3.18. The third-order valence-electron chi connectivity index (χ3n) is 13.6. The second kappa shape index (κ2) is 54.2. The number of hydrogen-bond acceptors (Lipinski definition) is 11. The number of carbonyl (C=O) groups is 4. The standard InChI is InChI=1S/C67H110O12/c1-4-7-10-13-16-19-22-24-26-28-30-32-34-36-39-41-44-47-50-53-59(68)75-56-58(77-60(69)54-51-48-45-42-38-21-18-15-12-9-6-3)57-76-67-65(63(72)62(71)64(79-67)66(73)74)78-61(70)55-52-49-46-43-40-37-35-33-31-29-27-25-23-20-17-14-11-8-5-2/h8,11,15-20,24-27,31,33,37,40,58,62-65,67,71-72H,4-7,9-10,12-14,21-23,28-30,32,34-36,38-39,41-57H2,1-3H3,(H,73,74)/b11-8-,18-15-,19-16-,20-17-,26-24-,27-25-,33-31-,40-37-. The van der Waals surface area contributed by atoms with E-state index in [-0.39, 0.29) is 25.9 Å². The first-order valence-electron chi connectivity index (χ1n) is 31.2. The lowest BCUT2D eigenvalue weighted by molar-refractivity contribution is -0.301. The summed E-state index contributed by atoms with van der Waals surface area (Å²) in [6, 6.07) is 0. The van der Waals surface area contributed by atoms with Crippen molar-refractivity contribution in [3.05, 3.63) is 97.2 Å². The Balaban J connectivity index is 2.66. The molecule has 1 fully saturated rings. The van der Waals surface area contributed by atoms with Crippen molar-refractivity contribution in [2.24, 2.45) is 0 Å². The molecule has 79 heavy (non-hydrogen) atoms. The van der Waals surface area contributed by atoms with Gasteiger partial charge in [0.05, 0.1) is 6.61 Å². The van der Waals surface area contributed by atoms with Crippen molar-refractivity contribution >= 4 is 23.9 Å². The number of esters is 3. The van der Waals surface area contributed by atoms with Crippen LogP contribution in [-0.2, 0) is 42.9 Å². The number of carboxylic acids is 1. The number of ether oxygens (including phenoxy) is 5. The summed E-state index contributed by atoms with van der Waals surface area (Å²) in [6.45, 7) is 5.80. The second-order valence-corrected chi connectivity index (χ2v) is 20.9. The van der Waals surface area contributed by atoms with Crippen molar-refractivity contribution in [3.8, 4) is 0 Å². The molecule has 0 aromatic heterocycles. The van der Waals surface area contributed by atoms with Gasteiger partial charge in [-0.1, -0.05) is 214 Å². The van der Waals surface area contributed by atoms with E-state index in [4.69, 9.17) is 23.7 Å². The molecule has 12 nitrogen and oxygen atoms in total. The van der Waals surface area contributed by atoms with Crippen LogP contribution >= 0.6 is 0 Å². The average molecular weight is 1110 g/mol. The van der Waals surface area contributed by atoms with Gasteiger partial charge in [0.1, 0.15) is 18.8 Å². The van der Waals surface area contributed by atoms with Gasteiger partial charge < -0.3 is 39.0 Å². The molecule has 1 heterocycles. The maximum absolute atomic E-state index is 13.1. The molecule has 0 saturated carbocycles.